The number of halogens is 2. The second-order valence-electron chi connectivity index (χ2n) is 13.0. The normalized spacial score (nSPS) is 19.6. The van der Waals surface area contributed by atoms with Crippen LogP contribution in [0, 0.1) is 11.6 Å². The maximum Gasteiger partial charge on any atom is 0.407 e. The number of amides is 1. The third-order valence-electron chi connectivity index (χ3n) is 7.81. The van der Waals surface area contributed by atoms with Crippen LogP contribution in [0.25, 0.3) is 5.69 Å². The molecule has 244 valence electrons. The summed E-state index contributed by atoms with van der Waals surface area (Å²) in [6, 6.07) is 2.79. The molecule has 0 radical (unpaired) electrons. The van der Waals surface area contributed by atoms with Crippen LogP contribution >= 0.6 is 0 Å². The van der Waals surface area contributed by atoms with E-state index in [1.54, 1.807) is 20.8 Å². The number of rotatable bonds is 9. The number of ether oxygens (including phenoxy) is 2. The summed E-state index contributed by atoms with van der Waals surface area (Å²) < 4.78 is 43.1. The lowest BCUT2D eigenvalue weighted by Crippen LogP contribution is -2.55. The number of piperidine rings is 1. The monoisotopic (exact) mass is 630 g/mol. The molecular weight excluding hydrogens is 590 g/mol. The number of anilines is 3. The molecule has 2 saturated heterocycles. The van der Waals surface area contributed by atoms with Crippen molar-refractivity contribution in [3.05, 3.63) is 40.4 Å². The number of aryl methyl sites for hydroxylation is 1. The Morgan fingerprint density at radius 3 is 2.67 bits per heavy atom. The number of fused-ring (bicyclic) bond motifs is 1. The minimum atomic E-state index is -0.761. The lowest BCUT2D eigenvalue weighted by atomic mass is 9.84. The van der Waals surface area contributed by atoms with Crippen LogP contribution in [0.15, 0.2) is 23.1 Å². The number of nitrogens with one attached hydrogen (secondary N) is 3. The molecule has 0 bridgehead atoms. The summed E-state index contributed by atoms with van der Waals surface area (Å²) in [5.41, 5.74) is -1.35. The van der Waals surface area contributed by atoms with Gasteiger partial charge in [-0.05, 0) is 83.3 Å². The first-order chi connectivity index (χ1) is 21.2. The molecule has 3 aromatic rings. The zero-order valence-electron chi connectivity index (χ0n) is 26.4. The van der Waals surface area contributed by atoms with Crippen LogP contribution in [0.1, 0.15) is 60.3 Å². The Labute approximate surface area is 259 Å². The first-order valence-electron chi connectivity index (χ1n) is 15.0. The van der Waals surface area contributed by atoms with Crippen molar-refractivity contribution in [3.63, 3.8) is 0 Å². The van der Waals surface area contributed by atoms with E-state index in [-0.39, 0.29) is 53.6 Å². The molecule has 1 aromatic carbocycles. The Balaban J connectivity index is 1.34. The van der Waals surface area contributed by atoms with E-state index < -0.39 is 29.0 Å². The second-order valence-corrected chi connectivity index (χ2v) is 13.0. The van der Waals surface area contributed by atoms with Crippen LogP contribution in [0.3, 0.4) is 0 Å². The van der Waals surface area contributed by atoms with Crippen LogP contribution < -0.4 is 26.4 Å². The Morgan fingerprint density at radius 2 is 1.96 bits per heavy atom. The maximum atomic E-state index is 15.4. The van der Waals surface area contributed by atoms with Crippen LogP contribution in [0.4, 0.5) is 31.0 Å². The minimum absolute atomic E-state index is 0.00436. The maximum absolute atomic E-state index is 15.4. The highest BCUT2D eigenvalue weighted by Gasteiger charge is 2.43. The fraction of sp³-hybridized carbons (Fsp3) is 0.586. The number of benzene rings is 1. The summed E-state index contributed by atoms with van der Waals surface area (Å²) in [5.74, 6) is -1.45. The van der Waals surface area contributed by atoms with E-state index in [2.05, 4.69) is 55.1 Å². The highest BCUT2D eigenvalue weighted by atomic mass is 19.1. The molecule has 14 nitrogen and oxygen atoms in total. The molecule has 0 unspecified atom stereocenters. The standard InChI is InChI=1S/C29H40F2N10O4/c1-28(2,3)45-26(42)32-9-11-44-23-13-19(30)21(14-22(23)41-27(43)39(6)37-38-41)35-25-33-16-20(31)24(36-25)34-17-12-18-8-7-10-40(18)29(4,5)15-17/h13-14,16-18H,7-12,15H2,1-6H3,(H,32,42)(H2,33,34,35,36)/t17-,18+/m1/s1. The summed E-state index contributed by atoms with van der Waals surface area (Å²) in [4.78, 5) is 35.5. The predicted octanol–water partition coefficient (Wildman–Crippen LogP) is 3.50. The summed E-state index contributed by atoms with van der Waals surface area (Å²) in [7, 11) is 1.42. The first-order valence-corrected chi connectivity index (χ1v) is 15.0. The summed E-state index contributed by atoms with van der Waals surface area (Å²) in [6.45, 7) is 10.7. The summed E-state index contributed by atoms with van der Waals surface area (Å²) in [6.07, 6.45) is 4.33. The van der Waals surface area contributed by atoms with Gasteiger partial charge >= 0.3 is 11.8 Å². The molecular formula is C29H40F2N10O4. The van der Waals surface area contributed by atoms with Gasteiger partial charge in [0.05, 0.1) is 18.4 Å². The van der Waals surface area contributed by atoms with Gasteiger partial charge in [-0.1, -0.05) is 0 Å². The average Bonchev–Trinajstić information content (AvgIpc) is 3.55. The molecule has 2 aliphatic heterocycles. The van der Waals surface area contributed by atoms with Crippen molar-refractivity contribution >= 4 is 23.5 Å². The predicted molar refractivity (Wildman–Crippen MR) is 162 cm³/mol. The van der Waals surface area contributed by atoms with Gasteiger partial charge in [0.2, 0.25) is 5.95 Å². The van der Waals surface area contributed by atoms with Crippen LogP contribution in [0.5, 0.6) is 5.75 Å². The molecule has 45 heavy (non-hydrogen) atoms. The minimum Gasteiger partial charge on any atom is -0.489 e. The SMILES string of the molecule is Cn1nnn(-c2cc(Nc3ncc(F)c(N[C@@H]4C[C@@H]5CCCN5C(C)(C)C4)n3)c(F)cc2OCCNC(=O)OC(C)(C)C)c1=O. The fourth-order valence-electron chi connectivity index (χ4n) is 5.98. The van der Waals surface area contributed by atoms with Gasteiger partial charge in [-0.15, -0.1) is 0 Å². The number of hydrogen-bond donors (Lipinski definition) is 3. The van der Waals surface area contributed by atoms with Crippen molar-refractivity contribution in [1.29, 1.82) is 0 Å². The molecule has 3 N–H and O–H groups in total. The average molecular weight is 631 g/mol. The Morgan fingerprint density at radius 1 is 1.18 bits per heavy atom. The smallest absolute Gasteiger partial charge is 0.407 e. The van der Waals surface area contributed by atoms with Crippen molar-refractivity contribution in [2.45, 2.75) is 83.5 Å². The van der Waals surface area contributed by atoms with Crippen molar-refractivity contribution in [2.75, 3.05) is 30.3 Å². The summed E-state index contributed by atoms with van der Waals surface area (Å²) in [5, 5.41) is 16.2. The molecule has 1 amide bonds. The van der Waals surface area contributed by atoms with E-state index in [4.69, 9.17) is 9.47 Å². The number of carbonyl (C=O) groups is 1. The zero-order chi connectivity index (χ0) is 32.5. The van der Waals surface area contributed by atoms with Crippen molar-refractivity contribution in [3.8, 4) is 11.4 Å². The van der Waals surface area contributed by atoms with Gasteiger partial charge in [0, 0.05) is 30.7 Å². The van der Waals surface area contributed by atoms with E-state index >= 15 is 4.39 Å². The molecule has 5 rings (SSSR count). The molecule has 2 fully saturated rings. The van der Waals surface area contributed by atoms with Crippen LogP contribution in [-0.2, 0) is 11.8 Å². The van der Waals surface area contributed by atoms with E-state index in [0.717, 1.165) is 53.9 Å². The van der Waals surface area contributed by atoms with Gasteiger partial charge in [0.15, 0.2) is 17.5 Å². The van der Waals surface area contributed by atoms with Gasteiger partial charge < -0.3 is 25.4 Å². The van der Waals surface area contributed by atoms with E-state index in [9.17, 15) is 14.0 Å². The number of alkyl carbamates (subject to hydrolysis) is 1. The topological polar surface area (TPSA) is 153 Å². The highest BCUT2D eigenvalue weighted by molar-refractivity contribution is 5.67. The van der Waals surface area contributed by atoms with Gasteiger partial charge in [-0.3, -0.25) is 4.90 Å². The number of tetrazole rings is 1. The number of aromatic nitrogens is 6. The summed E-state index contributed by atoms with van der Waals surface area (Å²) >= 11 is 0. The van der Waals surface area contributed by atoms with Gasteiger partial charge in [0.25, 0.3) is 0 Å². The van der Waals surface area contributed by atoms with Crippen LogP contribution in [0.2, 0.25) is 0 Å². The van der Waals surface area contributed by atoms with E-state index in [1.165, 1.54) is 13.1 Å². The Hall–Kier alpha value is -4.34. The van der Waals surface area contributed by atoms with E-state index in [0.29, 0.717) is 6.04 Å². The molecule has 2 aromatic heterocycles. The largest absolute Gasteiger partial charge is 0.489 e. The molecule has 0 spiro atoms. The van der Waals surface area contributed by atoms with Gasteiger partial charge in [-0.25, -0.2) is 23.4 Å². The van der Waals surface area contributed by atoms with Crippen molar-refractivity contribution < 1.29 is 23.0 Å². The quantitative estimate of drug-likeness (QED) is 0.298. The number of nitrogens with zero attached hydrogens (tertiary/aromatic N) is 7. The Kier molecular flexibility index (Phi) is 8.96. The van der Waals surface area contributed by atoms with Crippen molar-refractivity contribution in [2.24, 2.45) is 7.05 Å². The first kappa shape index (κ1) is 32.1. The number of carbonyl (C=O) groups excluding carboxylic acids is 1. The fourth-order valence-corrected chi connectivity index (χ4v) is 5.98. The van der Waals surface area contributed by atoms with Crippen molar-refractivity contribution in [1.82, 2.24) is 40.0 Å². The Bertz CT molecular complexity index is 1600. The lowest BCUT2D eigenvalue weighted by molar-refractivity contribution is 0.0499. The molecule has 0 aliphatic carbocycles. The lowest BCUT2D eigenvalue weighted by Gasteiger charge is -2.47. The zero-order valence-corrected chi connectivity index (χ0v) is 26.4. The van der Waals surface area contributed by atoms with Gasteiger partial charge in [-0.2, -0.15) is 14.3 Å². The molecule has 2 atom stereocenters. The molecule has 2 aliphatic rings. The molecule has 16 heteroatoms. The van der Waals surface area contributed by atoms with E-state index in [1.807, 2.05) is 0 Å². The highest BCUT2D eigenvalue weighted by Crippen LogP contribution is 2.38. The van der Waals surface area contributed by atoms with Gasteiger partial charge in [0.1, 0.15) is 23.6 Å². The molecule has 0 saturated carbocycles. The number of hydrogen-bond acceptors (Lipinski definition) is 11. The third kappa shape index (κ3) is 7.49. The van der Waals surface area contributed by atoms with Crippen LogP contribution in [-0.4, -0.2) is 83.7 Å². The molecule has 4 heterocycles. The second kappa shape index (κ2) is 12.6. The third-order valence-corrected chi connectivity index (χ3v) is 7.81.